The first-order chi connectivity index (χ1) is 7.04. The van der Waals surface area contributed by atoms with Crippen LogP contribution in [0.25, 0.3) is 11.0 Å². The van der Waals surface area contributed by atoms with Crippen LogP contribution in [0.4, 0.5) is 0 Å². The average molecular weight is 203 g/mol. The molecular weight excluding hydrogens is 186 g/mol. The minimum atomic E-state index is 0.00863. The van der Waals surface area contributed by atoms with Crippen LogP contribution in [0.2, 0.25) is 0 Å². The Kier molecular flexibility index (Phi) is 2.25. The van der Waals surface area contributed by atoms with E-state index in [4.69, 9.17) is 0 Å². The highest BCUT2D eigenvalue weighted by Crippen LogP contribution is 2.23. The molecule has 0 atom stereocenters. The average Bonchev–Trinajstić information content (AvgIpc) is 2.55. The minimum absolute atomic E-state index is 0.00863. The number of aryl methyl sites for hydroxylation is 1. The van der Waals surface area contributed by atoms with Crippen LogP contribution in [-0.2, 0) is 12.0 Å². The summed E-state index contributed by atoms with van der Waals surface area (Å²) in [7, 11) is 0. The molecule has 0 fully saturated rings. The molecule has 2 rings (SSSR count). The molecule has 2 aromatic rings. The van der Waals surface area contributed by atoms with Gasteiger partial charge in [0.1, 0.15) is 5.52 Å². The van der Waals surface area contributed by atoms with Crippen LogP contribution < -0.4 is 0 Å². The number of pyridine rings is 1. The van der Waals surface area contributed by atoms with Gasteiger partial charge in [0.05, 0.1) is 16.7 Å². The maximum atomic E-state index is 4.63. The van der Waals surface area contributed by atoms with Gasteiger partial charge in [0.2, 0.25) is 0 Å². The van der Waals surface area contributed by atoms with Gasteiger partial charge in [-0.2, -0.15) is 5.10 Å². The van der Waals surface area contributed by atoms with Crippen molar-refractivity contribution in [2.45, 2.75) is 39.7 Å². The molecule has 0 N–H and O–H groups in total. The van der Waals surface area contributed by atoms with Gasteiger partial charge in [-0.3, -0.25) is 9.67 Å². The zero-order valence-electron chi connectivity index (χ0n) is 9.78. The fraction of sp³-hybridized carbons (Fsp3) is 0.500. The maximum absolute atomic E-state index is 4.63. The van der Waals surface area contributed by atoms with E-state index in [2.05, 4.69) is 48.5 Å². The standard InChI is InChI=1S/C12H17N3/c1-5-9-11-10(7-6-8-13-11)15(14-9)12(2,3)4/h6-8H,5H2,1-4H3. The van der Waals surface area contributed by atoms with E-state index in [1.807, 2.05) is 12.3 Å². The molecule has 0 radical (unpaired) electrons. The van der Waals surface area contributed by atoms with E-state index in [1.54, 1.807) is 0 Å². The Morgan fingerprint density at radius 2 is 2.07 bits per heavy atom. The summed E-state index contributed by atoms with van der Waals surface area (Å²) >= 11 is 0. The van der Waals surface area contributed by atoms with Crippen molar-refractivity contribution in [1.82, 2.24) is 14.8 Å². The van der Waals surface area contributed by atoms with Crippen molar-refractivity contribution in [3.8, 4) is 0 Å². The zero-order valence-corrected chi connectivity index (χ0v) is 9.78. The molecule has 0 unspecified atom stereocenters. The summed E-state index contributed by atoms with van der Waals surface area (Å²) in [5.41, 5.74) is 3.26. The van der Waals surface area contributed by atoms with E-state index in [1.165, 1.54) is 0 Å². The van der Waals surface area contributed by atoms with E-state index < -0.39 is 0 Å². The van der Waals surface area contributed by atoms with E-state index in [0.29, 0.717) is 0 Å². The minimum Gasteiger partial charge on any atom is -0.258 e. The molecule has 0 aliphatic heterocycles. The van der Waals surface area contributed by atoms with Gasteiger partial charge in [0.25, 0.3) is 0 Å². The Morgan fingerprint density at radius 3 is 2.67 bits per heavy atom. The number of nitrogens with zero attached hydrogens (tertiary/aromatic N) is 3. The van der Waals surface area contributed by atoms with Crippen LogP contribution in [0, 0.1) is 0 Å². The van der Waals surface area contributed by atoms with Crippen molar-refractivity contribution in [2.24, 2.45) is 0 Å². The van der Waals surface area contributed by atoms with Crippen molar-refractivity contribution < 1.29 is 0 Å². The molecule has 0 bridgehead atoms. The Balaban J connectivity index is 2.76. The first-order valence-corrected chi connectivity index (χ1v) is 5.37. The Labute approximate surface area is 90.1 Å². The van der Waals surface area contributed by atoms with Crippen LogP contribution >= 0.6 is 0 Å². The third kappa shape index (κ3) is 1.62. The van der Waals surface area contributed by atoms with Gasteiger partial charge in [-0.25, -0.2) is 0 Å². The second kappa shape index (κ2) is 3.33. The predicted octanol–water partition coefficient (Wildman–Crippen LogP) is 2.75. The highest BCUT2D eigenvalue weighted by molar-refractivity contribution is 5.77. The van der Waals surface area contributed by atoms with Crippen LogP contribution in [-0.4, -0.2) is 14.8 Å². The van der Waals surface area contributed by atoms with Crippen molar-refractivity contribution in [2.75, 3.05) is 0 Å². The van der Waals surface area contributed by atoms with Crippen LogP contribution in [0.5, 0.6) is 0 Å². The van der Waals surface area contributed by atoms with E-state index >= 15 is 0 Å². The van der Waals surface area contributed by atoms with Crippen LogP contribution in [0.1, 0.15) is 33.4 Å². The molecule has 80 valence electrons. The summed E-state index contributed by atoms with van der Waals surface area (Å²) in [6, 6.07) is 4.05. The molecule has 0 aliphatic carbocycles. The molecule has 2 aromatic heterocycles. The Hall–Kier alpha value is -1.38. The lowest BCUT2D eigenvalue weighted by molar-refractivity contribution is 0.366. The van der Waals surface area contributed by atoms with Gasteiger partial charge in [-0.15, -0.1) is 0 Å². The van der Waals surface area contributed by atoms with Gasteiger partial charge >= 0.3 is 0 Å². The topological polar surface area (TPSA) is 30.7 Å². The summed E-state index contributed by atoms with van der Waals surface area (Å²) in [6.07, 6.45) is 2.76. The third-order valence-corrected chi connectivity index (χ3v) is 2.48. The fourth-order valence-corrected chi connectivity index (χ4v) is 1.76. The van der Waals surface area contributed by atoms with Crippen LogP contribution in [0.15, 0.2) is 18.3 Å². The van der Waals surface area contributed by atoms with E-state index in [-0.39, 0.29) is 5.54 Å². The van der Waals surface area contributed by atoms with Gasteiger partial charge in [-0.1, -0.05) is 6.92 Å². The highest BCUT2D eigenvalue weighted by atomic mass is 15.3. The van der Waals surface area contributed by atoms with Gasteiger partial charge in [-0.05, 0) is 39.3 Å². The molecule has 0 saturated carbocycles. The first kappa shape index (κ1) is 10.1. The van der Waals surface area contributed by atoms with Crippen molar-refractivity contribution in [1.29, 1.82) is 0 Å². The maximum Gasteiger partial charge on any atom is 0.111 e. The quantitative estimate of drug-likeness (QED) is 0.713. The lowest BCUT2D eigenvalue weighted by Crippen LogP contribution is -2.23. The van der Waals surface area contributed by atoms with Crippen molar-refractivity contribution in [3.05, 3.63) is 24.0 Å². The number of aromatic nitrogens is 3. The monoisotopic (exact) mass is 203 g/mol. The number of fused-ring (bicyclic) bond motifs is 1. The number of hydrogen-bond donors (Lipinski definition) is 0. The number of rotatable bonds is 1. The van der Waals surface area contributed by atoms with Crippen molar-refractivity contribution in [3.63, 3.8) is 0 Å². The molecule has 0 amide bonds. The molecular formula is C12H17N3. The molecule has 0 spiro atoms. The fourth-order valence-electron chi connectivity index (χ4n) is 1.76. The summed E-state index contributed by atoms with van der Waals surface area (Å²) in [5.74, 6) is 0. The summed E-state index contributed by atoms with van der Waals surface area (Å²) in [6.45, 7) is 8.59. The highest BCUT2D eigenvalue weighted by Gasteiger charge is 2.19. The second-order valence-electron chi connectivity index (χ2n) is 4.75. The summed E-state index contributed by atoms with van der Waals surface area (Å²) < 4.78 is 2.06. The van der Waals surface area contributed by atoms with Gasteiger partial charge in [0, 0.05) is 6.20 Å². The first-order valence-electron chi connectivity index (χ1n) is 5.37. The molecule has 0 aromatic carbocycles. The SMILES string of the molecule is CCc1nn(C(C)(C)C)c2cccnc12. The molecule has 0 aliphatic rings. The predicted molar refractivity (Wildman–Crippen MR) is 61.9 cm³/mol. The van der Waals surface area contributed by atoms with E-state index in [9.17, 15) is 0 Å². The normalized spacial score (nSPS) is 12.3. The van der Waals surface area contributed by atoms with Gasteiger partial charge < -0.3 is 0 Å². The number of hydrogen-bond acceptors (Lipinski definition) is 2. The molecule has 2 heterocycles. The third-order valence-electron chi connectivity index (χ3n) is 2.48. The smallest absolute Gasteiger partial charge is 0.111 e. The second-order valence-corrected chi connectivity index (χ2v) is 4.75. The molecule has 3 heteroatoms. The lowest BCUT2D eigenvalue weighted by atomic mass is 10.1. The molecule has 3 nitrogen and oxygen atoms in total. The molecule has 15 heavy (non-hydrogen) atoms. The molecule has 0 saturated heterocycles. The lowest BCUT2D eigenvalue weighted by Gasteiger charge is -2.20. The summed E-state index contributed by atoms with van der Waals surface area (Å²) in [4.78, 5) is 4.40. The zero-order chi connectivity index (χ0) is 11.1. The van der Waals surface area contributed by atoms with Crippen LogP contribution in [0.3, 0.4) is 0 Å². The van der Waals surface area contributed by atoms with Crippen molar-refractivity contribution >= 4 is 11.0 Å². The van der Waals surface area contributed by atoms with E-state index in [0.717, 1.165) is 23.1 Å². The summed E-state index contributed by atoms with van der Waals surface area (Å²) in [5, 5.41) is 4.63. The largest absolute Gasteiger partial charge is 0.258 e. The Morgan fingerprint density at radius 1 is 1.33 bits per heavy atom. The Bertz CT molecular complexity index is 477. The van der Waals surface area contributed by atoms with Gasteiger partial charge in [0.15, 0.2) is 0 Å².